The van der Waals surface area contributed by atoms with Crippen LogP contribution in [0.2, 0.25) is 0 Å². The Morgan fingerprint density at radius 2 is 2.11 bits per heavy atom. The molecule has 1 N–H and O–H groups in total. The third kappa shape index (κ3) is 3.20. The predicted molar refractivity (Wildman–Crippen MR) is 69.7 cm³/mol. The van der Waals surface area contributed by atoms with E-state index in [4.69, 9.17) is 0 Å². The summed E-state index contributed by atoms with van der Waals surface area (Å²) >= 11 is 0. The topological polar surface area (TPSA) is 54.3 Å². The molecule has 1 amide bonds. The quantitative estimate of drug-likeness (QED) is 0.830. The van der Waals surface area contributed by atoms with Crippen molar-refractivity contribution in [2.75, 3.05) is 26.2 Å². The number of amides is 1. The number of aryl methyl sites for hydroxylation is 1. The lowest BCUT2D eigenvalue weighted by Gasteiger charge is -2.14. The number of carbonyl (C=O) groups is 1. The van der Waals surface area contributed by atoms with Gasteiger partial charge < -0.3 is 14.8 Å². The molecule has 1 aliphatic rings. The van der Waals surface area contributed by atoms with Crippen molar-refractivity contribution in [1.82, 2.24) is 14.8 Å². The number of hydrogen-bond acceptors (Lipinski definition) is 3. The monoisotopic (exact) mass is 249 g/mol. The Morgan fingerprint density at radius 3 is 2.78 bits per heavy atom. The third-order valence-electron chi connectivity index (χ3n) is 3.28. The Hall–Kier alpha value is -1.62. The lowest BCUT2D eigenvalue weighted by Crippen LogP contribution is -2.34. The Morgan fingerprint density at radius 1 is 1.39 bits per heavy atom. The fourth-order valence-electron chi connectivity index (χ4n) is 2.13. The summed E-state index contributed by atoms with van der Waals surface area (Å²) in [4.78, 5) is 25.5. The van der Waals surface area contributed by atoms with Crippen molar-refractivity contribution >= 4 is 5.91 Å². The number of likely N-dealkylation sites (tertiary alicyclic amines) is 1. The normalized spacial score (nSPS) is 15.8. The van der Waals surface area contributed by atoms with E-state index >= 15 is 0 Å². The fraction of sp³-hybridized carbons (Fsp3) is 0.538. The summed E-state index contributed by atoms with van der Waals surface area (Å²) in [6, 6.07) is 3.03. The molecule has 2 rings (SSSR count). The zero-order valence-electron chi connectivity index (χ0n) is 10.7. The van der Waals surface area contributed by atoms with Gasteiger partial charge in [0.05, 0.1) is 0 Å². The molecule has 0 bridgehead atoms. The first-order valence-corrected chi connectivity index (χ1v) is 6.34. The van der Waals surface area contributed by atoms with Gasteiger partial charge in [-0.05, 0) is 32.0 Å². The molecule has 1 saturated heterocycles. The maximum absolute atomic E-state index is 11.8. The van der Waals surface area contributed by atoms with Crippen LogP contribution in [0.3, 0.4) is 0 Å². The van der Waals surface area contributed by atoms with E-state index < -0.39 is 0 Å². The van der Waals surface area contributed by atoms with Crippen LogP contribution in [0.15, 0.2) is 23.1 Å². The van der Waals surface area contributed by atoms with Gasteiger partial charge >= 0.3 is 0 Å². The molecule has 0 radical (unpaired) electrons. The largest absolute Gasteiger partial charge is 0.351 e. The number of hydrogen-bond donors (Lipinski definition) is 1. The summed E-state index contributed by atoms with van der Waals surface area (Å²) in [5.74, 6) is -0.174. The molecule has 0 aliphatic carbocycles. The minimum atomic E-state index is -0.174. The first kappa shape index (κ1) is 12.8. The summed E-state index contributed by atoms with van der Waals surface area (Å²) in [5, 5.41) is 2.84. The number of nitrogens with zero attached hydrogens (tertiary/aromatic N) is 2. The van der Waals surface area contributed by atoms with Gasteiger partial charge in [0, 0.05) is 38.0 Å². The number of rotatable bonds is 4. The average Bonchev–Trinajstić information content (AvgIpc) is 2.85. The van der Waals surface area contributed by atoms with Crippen molar-refractivity contribution < 1.29 is 4.79 Å². The molecule has 98 valence electrons. The predicted octanol–water partition coefficient (Wildman–Crippen LogP) is 0.211. The SMILES string of the molecule is Cn1ccc(C(=O)NCCN2CCCC2)cc1=O. The van der Waals surface area contributed by atoms with E-state index in [0.29, 0.717) is 12.1 Å². The van der Waals surface area contributed by atoms with Crippen molar-refractivity contribution in [3.63, 3.8) is 0 Å². The van der Waals surface area contributed by atoms with E-state index in [1.807, 2.05) is 0 Å². The van der Waals surface area contributed by atoms with Crippen LogP contribution in [-0.2, 0) is 7.05 Å². The highest BCUT2D eigenvalue weighted by molar-refractivity contribution is 5.93. The van der Waals surface area contributed by atoms with E-state index in [-0.39, 0.29) is 11.5 Å². The van der Waals surface area contributed by atoms with Gasteiger partial charge in [-0.15, -0.1) is 0 Å². The Balaban J connectivity index is 1.83. The van der Waals surface area contributed by atoms with Gasteiger partial charge in [-0.3, -0.25) is 9.59 Å². The van der Waals surface area contributed by atoms with Gasteiger partial charge in [0.2, 0.25) is 0 Å². The van der Waals surface area contributed by atoms with Crippen molar-refractivity contribution in [3.05, 3.63) is 34.2 Å². The zero-order valence-corrected chi connectivity index (χ0v) is 10.7. The number of nitrogens with one attached hydrogen (secondary N) is 1. The van der Waals surface area contributed by atoms with E-state index in [9.17, 15) is 9.59 Å². The summed E-state index contributed by atoms with van der Waals surface area (Å²) in [6.45, 7) is 3.77. The molecule has 1 aromatic heterocycles. The summed E-state index contributed by atoms with van der Waals surface area (Å²) in [5.41, 5.74) is 0.265. The van der Waals surface area contributed by atoms with Crippen molar-refractivity contribution in [1.29, 1.82) is 0 Å². The van der Waals surface area contributed by atoms with Crippen LogP contribution in [-0.4, -0.2) is 41.6 Å². The van der Waals surface area contributed by atoms with Crippen LogP contribution in [0.4, 0.5) is 0 Å². The standard InChI is InChI=1S/C13H19N3O2/c1-15-8-4-11(10-12(15)17)13(18)14-5-9-16-6-2-3-7-16/h4,8,10H,2-3,5-7,9H2,1H3,(H,14,18). The van der Waals surface area contributed by atoms with Gasteiger partial charge in [0.1, 0.15) is 0 Å². The molecule has 0 spiro atoms. The highest BCUT2D eigenvalue weighted by Crippen LogP contribution is 2.05. The van der Waals surface area contributed by atoms with Gasteiger partial charge in [-0.1, -0.05) is 0 Å². The molecule has 2 heterocycles. The highest BCUT2D eigenvalue weighted by Gasteiger charge is 2.11. The molecule has 0 saturated carbocycles. The van der Waals surface area contributed by atoms with Crippen molar-refractivity contribution in [2.45, 2.75) is 12.8 Å². The fourth-order valence-corrected chi connectivity index (χ4v) is 2.13. The lowest BCUT2D eigenvalue weighted by molar-refractivity contribution is 0.0949. The second-order valence-corrected chi connectivity index (χ2v) is 4.67. The van der Waals surface area contributed by atoms with Crippen LogP contribution >= 0.6 is 0 Å². The summed E-state index contributed by atoms with van der Waals surface area (Å²) in [6.07, 6.45) is 4.11. The summed E-state index contributed by atoms with van der Waals surface area (Å²) < 4.78 is 1.45. The molecule has 1 aromatic rings. The van der Waals surface area contributed by atoms with E-state index in [1.165, 1.54) is 23.5 Å². The minimum Gasteiger partial charge on any atom is -0.351 e. The Kier molecular flexibility index (Phi) is 4.15. The van der Waals surface area contributed by atoms with Gasteiger partial charge in [0.15, 0.2) is 0 Å². The molecule has 1 fully saturated rings. The number of aromatic nitrogens is 1. The second-order valence-electron chi connectivity index (χ2n) is 4.67. The van der Waals surface area contributed by atoms with Gasteiger partial charge in [-0.25, -0.2) is 0 Å². The van der Waals surface area contributed by atoms with Crippen molar-refractivity contribution in [2.24, 2.45) is 7.05 Å². The first-order chi connectivity index (χ1) is 8.66. The van der Waals surface area contributed by atoms with E-state index in [2.05, 4.69) is 10.2 Å². The molecule has 0 unspecified atom stereocenters. The lowest BCUT2D eigenvalue weighted by atomic mass is 10.2. The zero-order chi connectivity index (χ0) is 13.0. The maximum atomic E-state index is 11.8. The number of carbonyl (C=O) groups excluding carboxylic acids is 1. The average molecular weight is 249 g/mol. The molecular formula is C13H19N3O2. The molecule has 18 heavy (non-hydrogen) atoms. The second kappa shape index (κ2) is 5.82. The van der Waals surface area contributed by atoms with Crippen LogP contribution in [0, 0.1) is 0 Å². The molecule has 0 aromatic carbocycles. The summed E-state index contributed by atoms with van der Waals surface area (Å²) in [7, 11) is 1.66. The van der Waals surface area contributed by atoms with E-state index in [0.717, 1.165) is 19.6 Å². The molecule has 1 aliphatic heterocycles. The molecule has 5 heteroatoms. The number of pyridine rings is 1. The van der Waals surface area contributed by atoms with Crippen LogP contribution in [0.5, 0.6) is 0 Å². The first-order valence-electron chi connectivity index (χ1n) is 6.34. The van der Waals surface area contributed by atoms with Crippen LogP contribution < -0.4 is 10.9 Å². The van der Waals surface area contributed by atoms with Crippen LogP contribution in [0.1, 0.15) is 23.2 Å². The third-order valence-corrected chi connectivity index (χ3v) is 3.28. The maximum Gasteiger partial charge on any atom is 0.251 e. The Labute approximate surface area is 106 Å². The smallest absolute Gasteiger partial charge is 0.251 e. The molecule has 5 nitrogen and oxygen atoms in total. The van der Waals surface area contributed by atoms with Gasteiger partial charge in [-0.2, -0.15) is 0 Å². The van der Waals surface area contributed by atoms with Crippen LogP contribution in [0.25, 0.3) is 0 Å². The minimum absolute atomic E-state index is 0.165. The molecular weight excluding hydrogens is 230 g/mol. The Bertz CT molecular complexity index is 475. The van der Waals surface area contributed by atoms with Gasteiger partial charge in [0.25, 0.3) is 11.5 Å². The van der Waals surface area contributed by atoms with E-state index in [1.54, 1.807) is 19.3 Å². The van der Waals surface area contributed by atoms with Crippen molar-refractivity contribution in [3.8, 4) is 0 Å². The highest BCUT2D eigenvalue weighted by atomic mass is 16.2. The molecule has 0 atom stereocenters.